The topological polar surface area (TPSA) is 103 Å². The molecular weight excluding hydrogens is 394 g/mol. The van der Waals surface area contributed by atoms with Gasteiger partial charge in [-0.05, 0) is 48.5 Å². The molecule has 2 aromatic carbocycles. The van der Waals surface area contributed by atoms with Crippen LogP contribution < -0.4 is 30.3 Å². The molecule has 31 heavy (non-hydrogen) atoms. The fourth-order valence-corrected chi connectivity index (χ4v) is 3.65. The van der Waals surface area contributed by atoms with Crippen molar-refractivity contribution in [2.24, 2.45) is 0 Å². The number of piperazine rings is 1. The first-order valence-electron chi connectivity index (χ1n) is 10.3. The lowest BCUT2D eigenvalue weighted by Crippen LogP contribution is -3.13. The fourth-order valence-electron chi connectivity index (χ4n) is 3.65. The van der Waals surface area contributed by atoms with Crippen molar-refractivity contribution < 1.29 is 14.4 Å². The number of nitrogens with zero attached hydrogens (tertiary/aromatic N) is 4. The second-order valence-electron chi connectivity index (χ2n) is 7.40. The van der Waals surface area contributed by atoms with Crippen LogP contribution in [0.3, 0.4) is 0 Å². The summed E-state index contributed by atoms with van der Waals surface area (Å²) in [5, 5.41) is 3.19. The molecule has 4 rings (SSSR count). The minimum Gasteiger partial charge on any atom is -0.497 e. The highest BCUT2D eigenvalue weighted by Crippen LogP contribution is 2.20. The van der Waals surface area contributed by atoms with E-state index in [1.54, 1.807) is 14.2 Å². The fraction of sp³-hybridized carbons (Fsp3) is 0.318. The van der Waals surface area contributed by atoms with Crippen molar-refractivity contribution >= 4 is 23.3 Å². The second kappa shape index (κ2) is 9.48. The van der Waals surface area contributed by atoms with E-state index in [2.05, 4.69) is 37.3 Å². The van der Waals surface area contributed by atoms with Gasteiger partial charge in [-0.2, -0.15) is 15.0 Å². The predicted molar refractivity (Wildman–Crippen MR) is 120 cm³/mol. The monoisotopic (exact) mass is 422 g/mol. The molecule has 9 nitrogen and oxygen atoms in total. The Hall–Kier alpha value is -3.59. The van der Waals surface area contributed by atoms with E-state index in [1.165, 1.54) is 10.6 Å². The predicted octanol–water partition coefficient (Wildman–Crippen LogP) is 1.12. The third kappa shape index (κ3) is 5.32. The maximum absolute atomic E-state index is 5.94. The highest BCUT2D eigenvalue weighted by atomic mass is 16.5. The van der Waals surface area contributed by atoms with Crippen LogP contribution in [0.25, 0.3) is 0 Å². The van der Waals surface area contributed by atoms with Crippen molar-refractivity contribution in [3.63, 3.8) is 0 Å². The molecule has 0 radical (unpaired) electrons. The van der Waals surface area contributed by atoms with Crippen LogP contribution in [0.15, 0.2) is 48.5 Å². The van der Waals surface area contributed by atoms with Crippen molar-refractivity contribution in [3.8, 4) is 11.5 Å². The number of nitrogens with two attached hydrogens (primary N) is 1. The Morgan fingerprint density at radius 1 is 0.903 bits per heavy atom. The van der Waals surface area contributed by atoms with Gasteiger partial charge in [0, 0.05) is 11.4 Å². The summed E-state index contributed by atoms with van der Waals surface area (Å²) in [6, 6.07) is 15.8. The molecule has 1 saturated heterocycles. The van der Waals surface area contributed by atoms with Crippen LogP contribution in [0.1, 0.15) is 5.82 Å². The van der Waals surface area contributed by atoms with E-state index in [0.717, 1.165) is 43.4 Å². The molecule has 162 valence electrons. The molecule has 1 aromatic heterocycles. The van der Waals surface area contributed by atoms with E-state index < -0.39 is 0 Å². The van der Waals surface area contributed by atoms with Crippen molar-refractivity contribution in [1.29, 1.82) is 0 Å². The summed E-state index contributed by atoms with van der Waals surface area (Å²) in [6.45, 7) is 4.65. The zero-order valence-corrected chi connectivity index (χ0v) is 17.8. The van der Waals surface area contributed by atoms with E-state index in [1.807, 2.05) is 36.4 Å². The highest BCUT2D eigenvalue weighted by Gasteiger charge is 2.22. The largest absolute Gasteiger partial charge is 0.497 e. The zero-order chi connectivity index (χ0) is 21.6. The highest BCUT2D eigenvalue weighted by molar-refractivity contribution is 5.55. The minimum atomic E-state index is 0.220. The molecule has 3 aromatic rings. The van der Waals surface area contributed by atoms with Gasteiger partial charge in [-0.15, -0.1) is 0 Å². The van der Waals surface area contributed by atoms with Gasteiger partial charge in [0.25, 0.3) is 0 Å². The van der Waals surface area contributed by atoms with Crippen LogP contribution in [-0.2, 0) is 6.54 Å². The van der Waals surface area contributed by atoms with Gasteiger partial charge in [0.05, 0.1) is 40.4 Å². The molecule has 1 aliphatic heterocycles. The lowest BCUT2D eigenvalue weighted by Gasteiger charge is -2.33. The molecule has 2 heterocycles. The Balaban J connectivity index is 1.35. The SMILES string of the molecule is COc1ccc(Nc2nc(N)nc(C[NH+]3CCN(c4ccc(OC)cc4)CC3)n2)cc1. The van der Waals surface area contributed by atoms with Gasteiger partial charge in [-0.25, -0.2) is 0 Å². The van der Waals surface area contributed by atoms with Crippen LogP contribution in [-0.4, -0.2) is 55.4 Å². The van der Waals surface area contributed by atoms with Crippen molar-refractivity contribution in [2.75, 3.05) is 56.3 Å². The lowest BCUT2D eigenvalue weighted by atomic mass is 10.2. The van der Waals surface area contributed by atoms with E-state index in [4.69, 9.17) is 15.2 Å². The number of anilines is 4. The molecule has 0 amide bonds. The Morgan fingerprint density at radius 3 is 2.13 bits per heavy atom. The van der Waals surface area contributed by atoms with E-state index in [-0.39, 0.29) is 5.95 Å². The van der Waals surface area contributed by atoms with Crippen molar-refractivity contribution in [2.45, 2.75) is 6.54 Å². The smallest absolute Gasteiger partial charge is 0.232 e. The first kappa shape index (κ1) is 20.7. The second-order valence-corrected chi connectivity index (χ2v) is 7.40. The quantitative estimate of drug-likeness (QED) is 0.521. The van der Waals surface area contributed by atoms with Gasteiger partial charge in [0.15, 0.2) is 5.82 Å². The first-order valence-corrected chi connectivity index (χ1v) is 10.3. The van der Waals surface area contributed by atoms with Gasteiger partial charge in [-0.1, -0.05) is 0 Å². The molecule has 0 spiro atoms. The number of nitrogens with one attached hydrogen (secondary N) is 2. The molecule has 1 fully saturated rings. The molecule has 9 heteroatoms. The number of hydrogen-bond acceptors (Lipinski definition) is 8. The van der Waals surface area contributed by atoms with Gasteiger partial charge in [0.1, 0.15) is 18.0 Å². The molecular formula is C22H28N7O2+. The van der Waals surface area contributed by atoms with Crippen LogP contribution in [0.4, 0.5) is 23.3 Å². The maximum Gasteiger partial charge on any atom is 0.232 e. The van der Waals surface area contributed by atoms with Crippen LogP contribution in [0, 0.1) is 0 Å². The molecule has 0 aliphatic carbocycles. The number of hydrogen-bond donors (Lipinski definition) is 3. The number of aromatic nitrogens is 3. The van der Waals surface area contributed by atoms with Gasteiger partial charge >= 0.3 is 0 Å². The van der Waals surface area contributed by atoms with Crippen LogP contribution in [0.5, 0.6) is 11.5 Å². The normalized spacial score (nSPS) is 14.3. The molecule has 0 bridgehead atoms. The summed E-state index contributed by atoms with van der Waals surface area (Å²) >= 11 is 0. The molecule has 4 N–H and O–H groups in total. The van der Waals surface area contributed by atoms with E-state index in [9.17, 15) is 0 Å². The summed E-state index contributed by atoms with van der Waals surface area (Å²) < 4.78 is 10.4. The number of nitrogen functional groups attached to an aromatic ring is 1. The molecule has 0 atom stereocenters. The average molecular weight is 423 g/mol. The van der Waals surface area contributed by atoms with Gasteiger partial charge in [-0.3, -0.25) is 0 Å². The average Bonchev–Trinajstić information content (AvgIpc) is 2.80. The number of ether oxygens (including phenoxy) is 2. The van der Waals surface area contributed by atoms with Crippen molar-refractivity contribution in [1.82, 2.24) is 15.0 Å². The van der Waals surface area contributed by atoms with E-state index in [0.29, 0.717) is 18.3 Å². The van der Waals surface area contributed by atoms with Crippen LogP contribution in [0.2, 0.25) is 0 Å². The van der Waals surface area contributed by atoms with Crippen molar-refractivity contribution in [3.05, 3.63) is 54.4 Å². The minimum absolute atomic E-state index is 0.220. The Kier molecular flexibility index (Phi) is 6.32. The molecule has 1 aliphatic rings. The number of quaternary nitrogens is 1. The summed E-state index contributed by atoms with van der Waals surface area (Å²) in [5.41, 5.74) is 8.01. The Bertz CT molecular complexity index is 988. The third-order valence-electron chi connectivity index (χ3n) is 5.36. The zero-order valence-electron chi connectivity index (χ0n) is 17.8. The maximum atomic E-state index is 5.94. The summed E-state index contributed by atoms with van der Waals surface area (Å²) in [6.07, 6.45) is 0. The number of rotatable bonds is 7. The summed E-state index contributed by atoms with van der Waals surface area (Å²) in [7, 11) is 3.32. The van der Waals surface area contributed by atoms with Crippen LogP contribution >= 0.6 is 0 Å². The third-order valence-corrected chi connectivity index (χ3v) is 5.36. The Morgan fingerprint density at radius 2 is 1.52 bits per heavy atom. The van der Waals surface area contributed by atoms with Gasteiger partial charge in [0.2, 0.25) is 11.9 Å². The lowest BCUT2D eigenvalue weighted by molar-refractivity contribution is -0.915. The van der Waals surface area contributed by atoms with Gasteiger partial charge < -0.3 is 30.3 Å². The number of benzene rings is 2. The number of methoxy groups -OCH3 is 2. The van der Waals surface area contributed by atoms with E-state index >= 15 is 0 Å². The summed E-state index contributed by atoms with van der Waals surface area (Å²) in [4.78, 5) is 16.9. The summed E-state index contributed by atoms with van der Waals surface area (Å²) in [5.74, 6) is 3.02. The first-order chi connectivity index (χ1) is 15.1. The molecule has 0 saturated carbocycles. The Labute approximate surface area is 181 Å². The molecule has 0 unspecified atom stereocenters. The standard InChI is InChI=1S/C22H27N7O2/c1-30-18-7-3-16(4-8-18)24-22-26-20(25-21(23)27-22)15-28-11-13-29(14-12-28)17-5-9-19(31-2)10-6-17/h3-10H,11-15H2,1-2H3,(H3,23,24,25,26,27)/p+1.